The predicted molar refractivity (Wildman–Crippen MR) is 108 cm³/mol. The number of amides is 2. The van der Waals surface area contributed by atoms with Gasteiger partial charge in [0.2, 0.25) is 11.0 Å². The van der Waals surface area contributed by atoms with Gasteiger partial charge in [-0.2, -0.15) is 5.10 Å². The molecule has 2 amide bonds. The van der Waals surface area contributed by atoms with E-state index in [-0.39, 0.29) is 28.6 Å². The molecule has 2 aliphatic rings. The lowest BCUT2D eigenvalue weighted by molar-refractivity contribution is -0.146. The van der Waals surface area contributed by atoms with Crippen LogP contribution in [0.3, 0.4) is 0 Å². The van der Waals surface area contributed by atoms with Crippen molar-refractivity contribution in [3.05, 3.63) is 22.9 Å². The van der Waals surface area contributed by atoms with Crippen molar-refractivity contribution >= 4 is 70.0 Å². The van der Waals surface area contributed by atoms with Crippen LogP contribution in [0.1, 0.15) is 10.8 Å². The number of carbonyl (C=O) groups excluding carboxylic acids is 3. The summed E-state index contributed by atoms with van der Waals surface area (Å²) in [5.74, 6) is 0.369. The summed E-state index contributed by atoms with van der Waals surface area (Å²) in [4.78, 5) is 42.4. The van der Waals surface area contributed by atoms with Crippen LogP contribution in [-0.4, -0.2) is 70.1 Å². The van der Waals surface area contributed by atoms with Gasteiger partial charge in [0.15, 0.2) is 10.2 Å². The number of nitrogens with zero attached hydrogens (tertiary/aromatic N) is 5. The highest BCUT2D eigenvalue weighted by Crippen LogP contribution is 2.43. The smallest absolute Gasteiger partial charge is 0.253 e. The molecule has 2 aromatic rings. The van der Waals surface area contributed by atoms with Crippen LogP contribution in [0.25, 0.3) is 5.57 Å². The van der Waals surface area contributed by atoms with Gasteiger partial charge in [-0.05, 0) is 6.92 Å². The Balaban J connectivity index is 1.44. The fourth-order valence-electron chi connectivity index (χ4n) is 2.83. The van der Waals surface area contributed by atoms with Gasteiger partial charge in [0.05, 0.1) is 5.75 Å². The summed E-state index contributed by atoms with van der Waals surface area (Å²) in [5.41, 5.74) is 0.747. The quantitative estimate of drug-likeness (QED) is 0.320. The molecule has 14 heteroatoms. The number of fused-ring (bicyclic) bond motifs is 1. The van der Waals surface area contributed by atoms with Crippen molar-refractivity contribution in [2.45, 2.75) is 22.7 Å². The SMILES string of the molecule is Cc1nnc(SCC(=O)N[C@@H]2C(=O)N3C(C(=O)S)=C(c4ncn[nH]4)CS[C@H]23)s1. The fraction of sp³-hybridized carbons (Fsp3) is 0.357. The fourth-order valence-corrected chi connectivity index (χ4v) is 6.05. The number of thioether (sulfide) groups is 2. The summed E-state index contributed by atoms with van der Waals surface area (Å²) < 4.78 is 0.698. The van der Waals surface area contributed by atoms with Crippen LogP contribution >= 0.6 is 47.5 Å². The van der Waals surface area contributed by atoms with Gasteiger partial charge < -0.3 is 5.32 Å². The Morgan fingerprint density at radius 1 is 1.46 bits per heavy atom. The summed E-state index contributed by atoms with van der Waals surface area (Å²) in [5, 5.41) is 17.0. The number of aromatic nitrogens is 5. The number of aryl methyl sites for hydroxylation is 1. The van der Waals surface area contributed by atoms with E-state index in [4.69, 9.17) is 0 Å². The molecule has 146 valence electrons. The Bertz CT molecular complexity index is 974. The van der Waals surface area contributed by atoms with Crippen molar-refractivity contribution in [3.63, 3.8) is 0 Å². The molecule has 2 aromatic heterocycles. The van der Waals surface area contributed by atoms with Gasteiger partial charge in [-0.25, -0.2) is 4.98 Å². The minimum absolute atomic E-state index is 0.132. The summed E-state index contributed by atoms with van der Waals surface area (Å²) in [7, 11) is 0. The number of carbonyl (C=O) groups is 3. The van der Waals surface area contributed by atoms with Crippen molar-refractivity contribution in [3.8, 4) is 0 Å². The molecule has 0 spiro atoms. The molecule has 2 aliphatic heterocycles. The van der Waals surface area contributed by atoms with Crippen LogP contribution in [-0.2, 0) is 14.4 Å². The lowest BCUT2D eigenvalue weighted by atomic mass is 10.0. The third-order valence-corrected chi connectivity index (χ3v) is 7.49. The number of nitrogens with one attached hydrogen (secondary N) is 2. The second-order valence-electron chi connectivity index (χ2n) is 5.80. The van der Waals surface area contributed by atoms with E-state index in [2.05, 4.69) is 43.3 Å². The Labute approximate surface area is 176 Å². The van der Waals surface area contributed by atoms with Crippen molar-refractivity contribution < 1.29 is 14.4 Å². The molecule has 0 radical (unpaired) electrons. The maximum atomic E-state index is 12.6. The maximum Gasteiger partial charge on any atom is 0.253 e. The monoisotopic (exact) mass is 455 g/mol. The number of H-pyrrole nitrogens is 1. The third kappa shape index (κ3) is 3.56. The van der Waals surface area contributed by atoms with Gasteiger partial charge in [-0.3, -0.25) is 24.4 Å². The lowest BCUT2D eigenvalue weighted by Gasteiger charge is -2.49. The average Bonchev–Trinajstić information content (AvgIpc) is 3.34. The van der Waals surface area contributed by atoms with E-state index in [1.54, 1.807) is 0 Å². The first-order valence-corrected chi connectivity index (χ1v) is 11.2. The molecule has 10 nitrogen and oxygen atoms in total. The molecule has 0 bridgehead atoms. The third-order valence-electron chi connectivity index (χ3n) is 4.02. The Kier molecular flexibility index (Phi) is 5.44. The van der Waals surface area contributed by atoms with E-state index < -0.39 is 11.2 Å². The first kappa shape index (κ1) is 19.4. The van der Waals surface area contributed by atoms with Gasteiger partial charge in [-0.15, -0.1) is 22.0 Å². The van der Waals surface area contributed by atoms with Crippen molar-refractivity contribution in [1.82, 2.24) is 35.6 Å². The van der Waals surface area contributed by atoms with Gasteiger partial charge in [0.25, 0.3) is 5.91 Å². The number of thiol groups is 1. The number of hydrogen-bond acceptors (Lipinski definition) is 10. The molecule has 4 rings (SSSR count). The lowest BCUT2D eigenvalue weighted by Crippen LogP contribution is -2.70. The van der Waals surface area contributed by atoms with E-state index in [0.29, 0.717) is 21.5 Å². The second kappa shape index (κ2) is 7.85. The maximum absolute atomic E-state index is 12.6. The molecule has 2 atom stereocenters. The molecule has 28 heavy (non-hydrogen) atoms. The molecule has 0 saturated carbocycles. The normalized spacial score (nSPS) is 21.4. The molecule has 2 N–H and O–H groups in total. The molecular formula is C14H13N7O3S4. The minimum atomic E-state index is -0.687. The number of aromatic amines is 1. The Hall–Kier alpha value is -1.90. The van der Waals surface area contributed by atoms with Crippen LogP contribution in [0, 0.1) is 6.92 Å². The summed E-state index contributed by atoms with van der Waals surface area (Å²) >= 11 is 8.03. The van der Waals surface area contributed by atoms with Crippen LogP contribution in [0.2, 0.25) is 0 Å². The van der Waals surface area contributed by atoms with Gasteiger partial charge >= 0.3 is 0 Å². The number of rotatable bonds is 6. The Morgan fingerprint density at radius 2 is 2.29 bits per heavy atom. The molecule has 1 fully saturated rings. The van der Waals surface area contributed by atoms with E-state index in [1.807, 2.05) is 6.92 Å². The van der Waals surface area contributed by atoms with E-state index in [1.165, 1.54) is 46.1 Å². The zero-order chi connectivity index (χ0) is 19.8. The van der Waals surface area contributed by atoms with Gasteiger partial charge in [0.1, 0.15) is 28.4 Å². The average molecular weight is 456 g/mol. The number of β-lactam (4-membered cyclic amide) rings is 1. The van der Waals surface area contributed by atoms with Crippen LogP contribution in [0.4, 0.5) is 0 Å². The zero-order valence-corrected chi connectivity index (χ0v) is 17.6. The summed E-state index contributed by atoms with van der Waals surface area (Å²) in [6, 6.07) is -0.687. The molecule has 0 aromatic carbocycles. The van der Waals surface area contributed by atoms with Gasteiger partial charge in [-0.1, -0.05) is 35.7 Å². The minimum Gasteiger partial charge on any atom is -0.341 e. The summed E-state index contributed by atoms with van der Waals surface area (Å²) in [6.07, 6.45) is 1.33. The van der Waals surface area contributed by atoms with Crippen LogP contribution in [0.5, 0.6) is 0 Å². The summed E-state index contributed by atoms with van der Waals surface area (Å²) in [6.45, 7) is 1.84. The largest absolute Gasteiger partial charge is 0.341 e. The molecule has 4 heterocycles. The molecule has 0 unspecified atom stereocenters. The van der Waals surface area contributed by atoms with E-state index in [0.717, 1.165) is 5.01 Å². The first-order valence-electron chi connectivity index (χ1n) is 7.95. The highest BCUT2D eigenvalue weighted by molar-refractivity contribution is 8.01. The van der Waals surface area contributed by atoms with Crippen molar-refractivity contribution in [2.24, 2.45) is 0 Å². The van der Waals surface area contributed by atoms with Crippen molar-refractivity contribution in [2.75, 3.05) is 11.5 Å². The van der Waals surface area contributed by atoms with E-state index in [9.17, 15) is 14.4 Å². The van der Waals surface area contributed by atoms with Crippen molar-refractivity contribution in [1.29, 1.82) is 0 Å². The highest BCUT2D eigenvalue weighted by Gasteiger charge is 2.54. The molecular weight excluding hydrogens is 442 g/mol. The standard InChI is InChI=1S/C14H13N7O3S4/c1-5-18-20-14(28-5)27-3-7(22)17-8-11(23)21-9(13(24)25)6(2-26-12(8)21)10-15-4-16-19-10/h4,8,12H,2-3H2,1H3,(H,17,22)(H,24,25)(H,15,16,19)/t8-,12-/m1/s1. The molecule has 1 saturated heterocycles. The first-order chi connectivity index (χ1) is 13.5. The van der Waals surface area contributed by atoms with Gasteiger partial charge in [0, 0.05) is 11.3 Å². The molecule has 0 aliphatic carbocycles. The Morgan fingerprint density at radius 3 is 2.93 bits per heavy atom. The predicted octanol–water partition coefficient (Wildman–Crippen LogP) is 0.324. The van der Waals surface area contributed by atoms with Crippen LogP contribution < -0.4 is 5.32 Å². The van der Waals surface area contributed by atoms with E-state index >= 15 is 0 Å². The second-order valence-corrected chi connectivity index (χ2v) is 9.71. The number of hydrogen-bond donors (Lipinski definition) is 3. The zero-order valence-electron chi connectivity index (χ0n) is 14.3. The highest BCUT2D eigenvalue weighted by atomic mass is 32.2. The van der Waals surface area contributed by atoms with Crippen LogP contribution in [0.15, 0.2) is 16.4 Å². The topological polar surface area (TPSA) is 134 Å².